The van der Waals surface area contributed by atoms with Gasteiger partial charge in [0.15, 0.2) is 0 Å². The molecule has 6 heteroatoms. The van der Waals surface area contributed by atoms with E-state index >= 15 is 0 Å². The Hall–Kier alpha value is -2.60. The SMILES string of the molecule is COc1cccc([C@@H](CNC(=O)Nc2ccc(F)cc2)N2CCCC2)c1. The maximum Gasteiger partial charge on any atom is 0.319 e. The van der Waals surface area contributed by atoms with Gasteiger partial charge in [-0.05, 0) is 67.9 Å². The third-order valence-electron chi connectivity index (χ3n) is 4.62. The van der Waals surface area contributed by atoms with Crippen molar-refractivity contribution >= 4 is 11.7 Å². The predicted molar refractivity (Wildman–Crippen MR) is 100.0 cm³/mol. The minimum atomic E-state index is -0.330. The zero-order valence-corrected chi connectivity index (χ0v) is 14.9. The van der Waals surface area contributed by atoms with Crippen LogP contribution in [0.25, 0.3) is 0 Å². The topological polar surface area (TPSA) is 53.6 Å². The van der Waals surface area contributed by atoms with Gasteiger partial charge < -0.3 is 15.4 Å². The first-order valence-corrected chi connectivity index (χ1v) is 8.84. The molecule has 1 aliphatic rings. The molecule has 2 aromatic carbocycles. The van der Waals surface area contributed by atoms with Crippen molar-refractivity contribution in [2.45, 2.75) is 18.9 Å². The molecule has 0 radical (unpaired) electrons. The van der Waals surface area contributed by atoms with Crippen LogP contribution >= 0.6 is 0 Å². The molecule has 1 atom stereocenters. The van der Waals surface area contributed by atoms with Gasteiger partial charge in [-0.2, -0.15) is 0 Å². The molecule has 1 fully saturated rings. The van der Waals surface area contributed by atoms with E-state index in [0.717, 1.165) is 24.4 Å². The Morgan fingerprint density at radius 3 is 2.62 bits per heavy atom. The number of urea groups is 1. The van der Waals surface area contributed by atoms with E-state index in [1.807, 2.05) is 18.2 Å². The van der Waals surface area contributed by atoms with E-state index < -0.39 is 0 Å². The molecular weight excluding hydrogens is 333 g/mol. The van der Waals surface area contributed by atoms with Crippen LogP contribution in [-0.2, 0) is 0 Å². The molecule has 0 aliphatic carbocycles. The average molecular weight is 357 g/mol. The van der Waals surface area contributed by atoms with Crippen molar-refractivity contribution in [2.75, 3.05) is 32.1 Å². The number of benzene rings is 2. The van der Waals surface area contributed by atoms with Crippen LogP contribution in [0, 0.1) is 5.82 Å². The average Bonchev–Trinajstić information content (AvgIpc) is 3.18. The third-order valence-corrected chi connectivity index (χ3v) is 4.62. The number of carbonyl (C=O) groups is 1. The van der Waals surface area contributed by atoms with Crippen LogP contribution in [0.3, 0.4) is 0 Å². The second-order valence-electron chi connectivity index (χ2n) is 6.38. The summed E-state index contributed by atoms with van der Waals surface area (Å²) in [7, 11) is 1.65. The second kappa shape index (κ2) is 8.67. The number of likely N-dealkylation sites (tertiary alicyclic amines) is 1. The number of rotatable bonds is 6. The Morgan fingerprint density at radius 1 is 1.19 bits per heavy atom. The van der Waals surface area contributed by atoms with Crippen molar-refractivity contribution in [2.24, 2.45) is 0 Å². The van der Waals surface area contributed by atoms with E-state index in [-0.39, 0.29) is 17.9 Å². The molecular formula is C20H24FN3O2. The first kappa shape index (κ1) is 18.2. The van der Waals surface area contributed by atoms with Crippen LogP contribution in [0.5, 0.6) is 5.75 Å². The van der Waals surface area contributed by atoms with E-state index in [2.05, 4.69) is 21.6 Å². The Labute approximate surface area is 153 Å². The van der Waals surface area contributed by atoms with Gasteiger partial charge in [-0.15, -0.1) is 0 Å². The van der Waals surface area contributed by atoms with Crippen molar-refractivity contribution in [3.63, 3.8) is 0 Å². The van der Waals surface area contributed by atoms with Crippen LogP contribution in [0.4, 0.5) is 14.9 Å². The molecule has 138 valence electrons. The number of carbonyl (C=O) groups excluding carboxylic acids is 1. The number of hydrogen-bond acceptors (Lipinski definition) is 3. The first-order chi connectivity index (χ1) is 12.7. The van der Waals surface area contributed by atoms with Crippen LogP contribution in [0.1, 0.15) is 24.4 Å². The molecule has 2 aromatic rings. The van der Waals surface area contributed by atoms with Gasteiger partial charge in [0.25, 0.3) is 0 Å². The van der Waals surface area contributed by atoms with E-state index in [1.54, 1.807) is 7.11 Å². The number of nitrogens with one attached hydrogen (secondary N) is 2. The molecule has 2 amide bonds. The predicted octanol–water partition coefficient (Wildman–Crippen LogP) is 3.79. The molecule has 26 heavy (non-hydrogen) atoms. The lowest BCUT2D eigenvalue weighted by atomic mass is 10.1. The normalized spacial score (nSPS) is 15.5. The van der Waals surface area contributed by atoms with Crippen LogP contribution in [0.15, 0.2) is 48.5 Å². The molecule has 1 saturated heterocycles. The van der Waals surface area contributed by atoms with E-state index in [0.29, 0.717) is 12.2 Å². The number of amides is 2. The Kier molecular flexibility index (Phi) is 6.07. The monoisotopic (exact) mass is 357 g/mol. The summed E-state index contributed by atoms with van der Waals surface area (Å²) in [6.07, 6.45) is 2.34. The minimum absolute atomic E-state index is 0.0894. The van der Waals surface area contributed by atoms with Crippen molar-refractivity contribution in [3.05, 3.63) is 59.9 Å². The van der Waals surface area contributed by atoms with Crippen LogP contribution in [-0.4, -0.2) is 37.7 Å². The molecule has 1 heterocycles. The summed E-state index contributed by atoms with van der Waals surface area (Å²) in [5.74, 6) is 0.477. The summed E-state index contributed by atoms with van der Waals surface area (Å²) in [6, 6.07) is 13.5. The van der Waals surface area contributed by atoms with E-state index in [1.165, 1.54) is 37.1 Å². The Bertz CT molecular complexity index is 730. The number of ether oxygens (including phenoxy) is 1. The zero-order chi connectivity index (χ0) is 18.4. The van der Waals surface area contributed by atoms with Crippen LogP contribution in [0.2, 0.25) is 0 Å². The molecule has 0 unspecified atom stereocenters. The number of halogens is 1. The van der Waals surface area contributed by atoms with Gasteiger partial charge >= 0.3 is 6.03 Å². The summed E-state index contributed by atoms with van der Waals surface area (Å²) in [5, 5.41) is 5.66. The summed E-state index contributed by atoms with van der Waals surface area (Å²) < 4.78 is 18.3. The van der Waals surface area contributed by atoms with Gasteiger partial charge in [0.05, 0.1) is 13.2 Å². The van der Waals surface area contributed by atoms with Gasteiger partial charge in [0.2, 0.25) is 0 Å². The molecule has 3 rings (SSSR count). The number of nitrogens with zero attached hydrogens (tertiary/aromatic N) is 1. The number of anilines is 1. The molecule has 0 saturated carbocycles. The van der Waals surface area contributed by atoms with Gasteiger partial charge in [-0.1, -0.05) is 12.1 Å². The van der Waals surface area contributed by atoms with E-state index in [9.17, 15) is 9.18 Å². The maximum absolute atomic E-state index is 13.0. The van der Waals surface area contributed by atoms with Gasteiger partial charge in [-0.25, -0.2) is 9.18 Å². The zero-order valence-electron chi connectivity index (χ0n) is 14.9. The highest BCUT2D eigenvalue weighted by Gasteiger charge is 2.24. The van der Waals surface area contributed by atoms with Gasteiger partial charge in [0.1, 0.15) is 11.6 Å². The minimum Gasteiger partial charge on any atom is -0.497 e. The summed E-state index contributed by atoms with van der Waals surface area (Å²) in [4.78, 5) is 14.6. The van der Waals surface area contributed by atoms with Crippen molar-refractivity contribution < 1.29 is 13.9 Å². The van der Waals surface area contributed by atoms with Crippen molar-refractivity contribution in [1.29, 1.82) is 0 Å². The fourth-order valence-corrected chi connectivity index (χ4v) is 3.26. The molecule has 0 bridgehead atoms. The maximum atomic E-state index is 13.0. The summed E-state index contributed by atoms with van der Waals surface area (Å²) >= 11 is 0. The van der Waals surface area contributed by atoms with Crippen molar-refractivity contribution in [1.82, 2.24) is 10.2 Å². The standard InChI is InChI=1S/C20H24FN3O2/c1-26-18-6-4-5-15(13-18)19(24-11-2-3-12-24)14-22-20(25)23-17-9-7-16(21)8-10-17/h4-10,13,19H,2-3,11-12,14H2,1H3,(H2,22,23,25)/t19-/m1/s1. The third kappa shape index (κ3) is 4.73. The summed E-state index contributed by atoms with van der Waals surface area (Å²) in [6.45, 7) is 2.52. The smallest absolute Gasteiger partial charge is 0.319 e. The molecule has 2 N–H and O–H groups in total. The molecule has 0 aromatic heterocycles. The highest BCUT2D eigenvalue weighted by molar-refractivity contribution is 5.89. The van der Waals surface area contributed by atoms with Gasteiger partial charge in [-0.3, -0.25) is 4.90 Å². The largest absolute Gasteiger partial charge is 0.497 e. The lowest BCUT2D eigenvalue weighted by Crippen LogP contribution is -2.38. The van der Waals surface area contributed by atoms with Crippen molar-refractivity contribution in [3.8, 4) is 5.75 Å². The number of hydrogen-bond donors (Lipinski definition) is 2. The lowest BCUT2D eigenvalue weighted by molar-refractivity contribution is 0.227. The molecule has 0 spiro atoms. The van der Waals surface area contributed by atoms with Gasteiger partial charge in [0, 0.05) is 12.2 Å². The fourth-order valence-electron chi connectivity index (χ4n) is 3.26. The first-order valence-electron chi connectivity index (χ1n) is 8.84. The molecule has 5 nitrogen and oxygen atoms in total. The second-order valence-corrected chi connectivity index (χ2v) is 6.38. The highest BCUT2D eigenvalue weighted by atomic mass is 19.1. The van der Waals surface area contributed by atoms with E-state index in [4.69, 9.17) is 4.74 Å². The lowest BCUT2D eigenvalue weighted by Gasteiger charge is -2.28. The highest BCUT2D eigenvalue weighted by Crippen LogP contribution is 2.27. The van der Waals surface area contributed by atoms with Crippen LogP contribution < -0.4 is 15.4 Å². The fraction of sp³-hybridized carbons (Fsp3) is 0.350. The Morgan fingerprint density at radius 2 is 1.92 bits per heavy atom. The Balaban J connectivity index is 1.65. The summed E-state index contributed by atoms with van der Waals surface area (Å²) in [5.41, 5.74) is 1.68. The quantitative estimate of drug-likeness (QED) is 0.827. The number of methoxy groups -OCH3 is 1. The molecule has 1 aliphatic heterocycles.